The van der Waals surface area contributed by atoms with Crippen LogP contribution in [0.2, 0.25) is 0 Å². The molecule has 2 heterocycles. The Labute approximate surface area is 252 Å². The van der Waals surface area contributed by atoms with Gasteiger partial charge in [0.05, 0.1) is 18.7 Å². The molecule has 0 bridgehead atoms. The molecule has 4 rings (SSSR count). The molecule has 0 unspecified atom stereocenters. The van der Waals surface area contributed by atoms with Crippen LogP contribution < -0.4 is 10.2 Å². The van der Waals surface area contributed by atoms with E-state index in [2.05, 4.69) is 29.1 Å². The maximum atomic E-state index is 13.5. The zero-order valence-electron chi connectivity index (χ0n) is 24.8. The molecule has 0 aliphatic rings. The van der Waals surface area contributed by atoms with Crippen LogP contribution in [0.1, 0.15) is 62.4 Å². The average molecular weight is 586 g/mol. The molecule has 4 aromatic rings. The van der Waals surface area contributed by atoms with Crippen molar-refractivity contribution in [2.75, 3.05) is 25.5 Å². The zero-order chi connectivity index (χ0) is 30.2. The predicted molar refractivity (Wildman–Crippen MR) is 168 cm³/mol. The molecule has 2 atom stereocenters. The Balaban J connectivity index is 1.49. The Hall–Kier alpha value is -4.08. The highest BCUT2D eigenvalue weighted by atomic mass is 32.1. The van der Waals surface area contributed by atoms with Gasteiger partial charge in [-0.25, -0.2) is 4.98 Å². The van der Waals surface area contributed by atoms with Gasteiger partial charge in [0.1, 0.15) is 5.01 Å². The molecule has 8 nitrogen and oxygen atoms in total. The first kappa shape index (κ1) is 30.9. The van der Waals surface area contributed by atoms with Crippen molar-refractivity contribution < 1.29 is 14.7 Å². The average Bonchev–Trinajstić information content (AvgIpc) is 3.40. The monoisotopic (exact) mass is 585 g/mol. The van der Waals surface area contributed by atoms with Crippen LogP contribution in [-0.2, 0) is 13.0 Å². The van der Waals surface area contributed by atoms with Crippen LogP contribution >= 0.6 is 11.3 Å². The van der Waals surface area contributed by atoms with Gasteiger partial charge < -0.3 is 20.2 Å². The van der Waals surface area contributed by atoms with Crippen molar-refractivity contribution in [3.05, 3.63) is 111 Å². The van der Waals surface area contributed by atoms with Gasteiger partial charge in [0.25, 0.3) is 11.8 Å². The largest absolute Gasteiger partial charge is 0.389 e. The SMILES string of the molecule is Cc1csc(CN(C)C(=O)c2cccc(C(=O)N[C@@H](Cc3ccccc3)[C@H](O)CN(C)c3ccnc(C(C)C)c3)c2)n1. The van der Waals surface area contributed by atoms with E-state index in [1.807, 2.05) is 66.7 Å². The smallest absolute Gasteiger partial charge is 0.253 e. The van der Waals surface area contributed by atoms with Crippen LogP contribution in [-0.4, -0.2) is 64.6 Å². The normalized spacial score (nSPS) is 12.5. The second-order valence-corrected chi connectivity index (χ2v) is 11.9. The van der Waals surface area contributed by atoms with E-state index in [4.69, 9.17) is 0 Å². The molecule has 0 fully saturated rings. The van der Waals surface area contributed by atoms with E-state index in [9.17, 15) is 14.7 Å². The molecule has 2 aromatic heterocycles. The van der Waals surface area contributed by atoms with Gasteiger partial charge in [-0.2, -0.15) is 0 Å². The third kappa shape index (κ3) is 8.24. The Morgan fingerprint density at radius 2 is 1.74 bits per heavy atom. The van der Waals surface area contributed by atoms with Gasteiger partial charge in [-0.1, -0.05) is 50.2 Å². The lowest BCUT2D eigenvalue weighted by Gasteiger charge is -2.29. The molecule has 2 aromatic carbocycles. The summed E-state index contributed by atoms with van der Waals surface area (Å²) in [5.41, 5.74) is 4.61. The van der Waals surface area contributed by atoms with E-state index >= 15 is 0 Å². The first-order chi connectivity index (χ1) is 20.1. The highest BCUT2D eigenvalue weighted by Gasteiger charge is 2.25. The number of hydrogen-bond acceptors (Lipinski definition) is 7. The number of pyridine rings is 1. The number of thiazole rings is 1. The van der Waals surface area contributed by atoms with E-state index in [0.717, 1.165) is 27.6 Å². The van der Waals surface area contributed by atoms with Crippen LogP contribution in [0.4, 0.5) is 5.69 Å². The lowest BCUT2D eigenvalue weighted by Crippen LogP contribution is -2.49. The number of benzene rings is 2. The number of carbonyl (C=O) groups excluding carboxylic acids is 2. The van der Waals surface area contributed by atoms with Gasteiger partial charge in [0.2, 0.25) is 0 Å². The maximum Gasteiger partial charge on any atom is 0.253 e. The first-order valence-electron chi connectivity index (χ1n) is 14.1. The Morgan fingerprint density at radius 1 is 1.00 bits per heavy atom. The van der Waals surface area contributed by atoms with Gasteiger partial charge in [-0.3, -0.25) is 14.6 Å². The minimum atomic E-state index is -0.868. The van der Waals surface area contributed by atoms with Crippen LogP contribution in [0.25, 0.3) is 0 Å². The summed E-state index contributed by atoms with van der Waals surface area (Å²) in [5.74, 6) is -0.262. The first-order valence-corrected chi connectivity index (χ1v) is 14.9. The number of anilines is 1. The van der Waals surface area contributed by atoms with Crippen molar-refractivity contribution in [1.82, 2.24) is 20.2 Å². The minimum absolute atomic E-state index is 0.196. The van der Waals surface area contributed by atoms with Crippen LogP contribution in [0.3, 0.4) is 0 Å². The summed E-state index contributed by atoms with van der Waals surface area (Å²) in [6.45, 7) is 6.80. The van der Waals surface area contributed by atoms with Crippen molar-refractivity contribution in [3.8, 4) is 0 Å². The second kappa shape index (κ2) is 14.2. The van der Waals surface area contributed by atoms with Crippen molar-refractivity contribution >= 4 is 28.8 Å². The lowest BCUT2D eigenvalue weighted by molar-refractivity contribution is 0.0785. The molecular formula is C33H39N5O3S. The van der Waals surface area contributed by atoms with Crippen LogP contribution in [0.5, 0.6) is 0 Å². The number of hydrogen-bond donors (Lipinski definition) is 2. The van der Waals surface area contributed by atoms with Crippen molar-refractivity contribution in [2.24, 2.45) is 0 Å². The molecule has 0 aliphatic heterocycles. The third-order valence-electron chi connectivity index (χ3n) is 7.09. The van der Waals surface area contributed by atoms with Crippen molar-refractivity contribution in [1.29, 1.82) is 0 Å². The van der Waals surface area contributed by atoms with Gasteiger partial charge in [0.15, 0.2) is 0 Å². The van der Waals surface area contributed by atoms with E-state index in [0.29, 0.717) is 30.6 Å². The number of aliphatic hydroxyl groups excluding tert-OH is 1. The number of amides is 2. The number of nitrogens with one attached hydrogen (secondary N) is 1. The van der Waals surface area contributed by atoms with Gasteiger partial charge in [-0.05, 0) is 55.2 Å². The molecule has 0 radical (unpaired) electrons. The fourth-order valence-corrected chi connectivity index (χ4v) is 5.49. The fraction of sp³-hybridized carbons (Fsp3) is 0.333. The summed E-state index contributed by atoms with van der Waals surface area (Å²) in [4.78, 5) is 39.1. The maximum absolute atomic E-state index is 13.5. The van der Waals surface area contributed by atoms with Crippen LogP contribution in [0, 0.1) is 6.92 Å². The second-order valence-electron chi connectivity index (χ2n) is 10.9. The molecule has 9 heteroatoms. The van der Waals surface area contributed by atoms with Gasteiger partial charge in [-0.15, -0.1) is 11.3 Å². The summed E-state index contributed by atoms with van der Waals surface area (Å²) >= 11 is 1.51. The minimum Gasteiger partial charge on any atom is -0.389 e. The summed E-state index contributed by atoms with van der Waals surface area (Å²) in [7, 11) is 3.64. The topological polar surface area (TPSA) is 98.7 Å². The van der Waals surface area contributed by atoms with E-state index in [1.54, 1.807) is 42.4 Å². The standard InChI is InChI=1S/C33H39N5O3S/c1-22(2)28-18-27(14-15-34-28)37(4)19-30(39)29(16-24-10-7-6-8-11-24)36-32(40)25-12-9-13-26(17-25)33(41)38(5)20-31-35-23(3)21-42-31/h6-15,17-18,21-22,29-30,39H,16,19-20H2,1-5H3,(H,36,40)/t29-,30+/m0/s1. The predicted octanol–water partition coefficient (Wildman–Crippen LogP) is 5.08. The summed E-state index contributed by atoms with van der Waals surface area (Å²) in [6, 6.07) is 19.8. The molecule has 42 heavy (non-hydrogen) atoms. The number of aromatic nitrogens is 2. The Morgan fingerprint density at radius 3 is 2.43 bits per heavy atom. The lowest BCUT2D eigenvalue weighted by atomic mass is 9.99. The Kier molecular flexibility index (Phi) is 10.4. The summed E-state index contributed by atoms with van der Waals surface area (Å²) in [6.07, 6.45) is 1.36. The number of likely N-dealkylation sites (N-methyl/N-ethyl adjacent to an activating group) is 1. The molecule has 2 amide bonds. The van der Waals surface area contributed by atoms with Gasteiger partial charge in [0, 0.05) is 60.4 Å². The zero-order valence-corrected chi connectivity index (χ0v) is 25.6. The number of carbonyl (C=O) groups is 2. The third-order valence-corrected chi connectivity index (χ3v) is 8.05. The molecular weight excluding hydrogens is 546 g/mol. The summed E-state index contributed by atoms with van der Waals surface area (Å²) < 4.78 is 0. The van der Waals surface area contributed by atoms with Crippen molar-refractivity contribution in [2.45, 2.75) is 51.8 Å². The molecule has 0 aliphatic carbocycles. The number of nitrogens with zero attached hydrogens (tertiary/aromatic N) is 4. The molecule has 0 saturated heterocycles. The van der Waals surface area contributed by atoms with Crippen LogP contribution in [0.15, 0.2) is 78.3 Å². The fourth-order valence-electron chi connectivity index (χ4n) is 4.67. The van der Waals surface area contributed by atoms with Crippen molar-refractivity contribution in [3.63, 3.8) is 0 Å². The Bertz CT molecular complexity index is 1490. The van der Waals surface area contributed by atoms with E-state index in [-0.39, 0.29) is 17.7 Å². The van der Waals surface area contributed by atoms with E-state index in [1.165, 1.54) is 11.3 Å². The highest BCUT2D eigenvalue weighted by molar-refractivity contribution is 7.09. The molecule has 220 valence electrons. The van der Waals surface area contributed by atoms with E-state index < -0.39 is 12.1 Å². The molecule has 2 N–H and O–H groups in total. The number of rotatable bonds is 12. The highest BCUT2D eigenvalue weighted by Crippen LogP contribution is 2.20. The number of aryl methyl sites for hydroxylation is 1. The molecule has 0 saturated carbocycles. The number of aliphatic hydroxyl groups is 1. The van der Waals surface area contributed by atoms with Gasteiger partial charge >= 0.3 is 0 Å². The molecule has 0 spiro atoms. The quantitative estimate of drug-likeness (QED) is 0.241. The summed E-state index contributed by atoms with van der Waals surface area (Å²) in [5, 5.41) is 17.2.